The van der Waals surface area contributed by atoms with Crippen molar-refractivity contribution in [2.45, 2.75) is 5.03 Å². The summed E-state index contributed by atoms with van der Waals surface area (Å²) < 4.78 is 0. The maximum Gasteiger partial charge on any atom is 0.132 e. The van der Waals surface area contributed by atoms with Gasteiger partial charge in [-0.05, 0) is 24.5 Å². The predicted molar refractivity (Wildman–Crippen MR) is 73.8 cm³/mol. The largest absolute Gasteiger partial charge is 0.337 e. The van der Waals surface area contributed by atoms with E-state index in [-0.39, 0.29) is 5.71 Å². The number of nitrogens with one attached hydrogen (secondary N) is 2. The highest BCUT2D eigenvalue weighted by Gasteiger charge is 2.04. The first-order valence-corrected chi connectivity index (χ1v) is 6.53. The summed E-state index contributed by atoms with van der Waals surface area (Å²) in [7, 11) is 0. The van der Waals surface area contributed by atoms with Gasteiger partial charge in [0.05, 0.1) is 22.6 Å². The molecule has 7 heteroatoms. The van der Waals surface area contributed by atoms with Crippen LogP contribution in [0.1, 0.15) is 5.82 Å². The molecule has 2 N–H and O–H groups in total. The molecule has 0 saturated carbocycles. The highest BCUT2D eigenvalue weighted by molar-refractivity contribution is 7.98. The van der Waals surface area contributed by atoms with Crippen molar-refractivity contribution in [2.24, 2.45) is 0 Å². The van der Waals surface area contributed by atoms with Crippen molar-refractivity contribution in [1.82, 2.24) is 19.9 Å². The minimum Gasteiger partial charge on any atom is -0.337 e. The zero-order valence-corrected chi connectivity index (χ0v) is 10.9. The molecule has 0 aromatic carbocycles. The van der Waals surface area contributed by atoms with Gasteiger partial charge in [-0.15, -0.1) is 11.8 Å². The Morgan fingerprint density at radius 1 is 1.47 bits per heavy atom. The Bertz CT molecular complexity index is 667. The molecule has 0 aliphatic carbocycles. The normalized spacial score (nSPS) is 10.5. The van der Waals surface area contributed by atoms with E-state index in [1.165, 1.54) is 24.2 Å². The second-order valence-electron chi connectivity index (χ2n) is 3.49. The third-order valence-electron chi connectivity index (χ3n) is 2.25. The van der Waals surface area contributed by atoms with Gasteiger partial charge in [0.15, 0.2) is 0 Å². The molecule has 2 aromatic rings. The Morgan fingerprint density at radius 3 is 3.05 bits per heavy atom. The lowest BCUT2D eigenvalue weighted by atomic mass is 10.3. The van der Waals surface area contributed by atoms with Gasteiger partial charge in [-0.3, -0.25) is 5.41 Å². The van der Waals surface area contributed by atoms with Crippen LogP contribution in [0.4, 0.5) is 0 Å². The fourth-order valence-electron chi connectivity index (χ4n) is 1.35. The molecule has 0 saturated heterocycles. The number of hydrogen-bond acceptors (Lipinski definition) is 6. The van der Waals surface area contributed by atoms with Crippen molar-refractivity contribution in [3.8, 4) is 17.5 Å². The number of imidazole rings is 1. The summed E-state index contributed by atoms with van der Waals surface area (Å²) in [5.74, 6) is 0.569. The van der Waals surface area contributed by atoms with E-state index in [1.54, 1.807) is 18.3 Å². The van der Waals surface area contributed by atoms with Crippen LogP contribution in [0.5, 0.6) is 0 Å². The van der Waals surface area contributed by atoms with Crippen LogP contribution in [-0.2, 0) is 0 Å². The number of hydrogen-bond donors (Lipinski definition) is 2. The monoisotopic (exact) mass is 270 g/mol. The van der Waals surface area contributed by atoms with Gasteiger partial charge in [0.25, 0.3) is 0 Å². The minimum absolute atomic E-state index is 0.121. The number of nitriles is 1. The highest BCUT2D eigenvalue weighted by Crippen LogP contribution is 2.19. The summed E-state index contributed by atoms with van der Waals surface area (Å²) in [5, 5.41) is 16.6. The Kier molecular flexibility index (Phi) is 4.05. The topological polar surface area (TPSA) is 102 Å². The first kappa shape index (κ1) is 13.0. The smallest absolute Gasteiger partial charge is 0.132 e. The average molecular weight is 270 g/mol. The third-order valence-corrected chi connectivity index (χ3v) is 2.89. The summed E-state index contributed by atoms with van der Waals surface area (Å²) >= 11 is 1.54. The number of rotatable bonds is 4. The average Bonchev–Trinajstić information content (AvgIpc) is 2.93. The molecule has 0 atom stereocenters. The molecule has 6 nitrogen and oxygen atoms in total. The highest BCUT2D eigenvalue weighted by atomic mass is 32.2. The number of thioether (sulfide) groups is 1. The standard InChI is InChI=1S/C12H10N6S/c1-19-12-4-9(16-7-17-12)10-6-15-11(18-10)3-2-8(14)5-13/h2-4,6-7,14H,1H3,(H,15,18)/b3-2-,14-8?. The lowest BCUT2D eigenvalue weighted by Gasteiger charge is -1.98. The molecular weight excluding hydrogens is 260 g/mol. The molecule has 0 radical (unpaired) electrons. The van der Waals surface area contributed by atoms with E-state index < -0.39 is 0 Å². The minimum atomic E-state index is -0.121. The number of allylic oxidation sites excluding steroid dienone is 1. The van der Waals surface area contributed by atoms with E-state index in [4.69, 9.17) is 10.7 Å². The zero-order chi connectivity index (χ0) is 13.7. The van der Waals surface area contributed by atoms with Crippen LogP contribution < -0.4 is 0 Å². The number of nitrogens with zero attached hydrogens (tertiary/aromatic N) is 4. The molecule has 94 valence electrons. The first-order valence-electron chi connectivity index (χ1n) is 5.31. The second-order valence-corrected chi connectivity index (χ2v) is 4.31. The Morgan fingerprint density at radius 2 is 2.32 bits per heavy atom. The van der Waals surface area contributed by atoms with Crippen molar-refractivity contribution in [2.75, 3.05) is 6.26 Å². The Hall–Kier alpha value is -2.46. The van der Waals surface area contributed by atoms with Crippen LogP contribution in [0.25, 0.3) is 17.5 Å². The van der Waals surface area contributed by atoms with Gasteiger partial charge in [-0.25, -0.2) is 15.0 Å². The van der Waals surface area contributed by atoms with E-state index >= 15 is 0 Å². The lowest BCUT2D eigenvalue weighted by Crippen LogP contribution is -1.87. The van der Waals surface area contributed by atoms with Crippen LogP contribution in [0.2, 0.25) is 0 Å². The molecule has 0 spiro atoms. The molecule has 2 heterocycles. The van der Waals surface area contributed by atoms with Gasteiger partial charge in [0.2, 0.25) is 0 Å². The number of aromatic amines is 1. The molecule has 0 aliphatic rings. The summed E-state index contributed by atoms with van der Waals surface area (Å²) in [5.41, 5.74) is 1.40. The molecule has 0 aliphatic heterocycles. The van der Waals surface area contributed by atoms with Gasteiger partial charge in [0.1, 0.15) is 23.9 Å². The summed E-state index contributed by atoms with van der Waals surface area (Å²) in [4.78, 5) is 15.5. The quantitative estimate of drug-likeness (QED) is 0.503. The lowest BCUT2D eigenvalue weighted by molar-refractivity contribution is 1.05. The van der Waals surface area contributed by atoms with Crippen molar-refractivity contribution < 1.29 is 0 Å². The SMILES string of the molecule is CSc1cc(-c2cnc(/C=C\C(=N)C#N)[nH]2)ncn1. The van der Waals surface area contributed by atoms with E-state index in [0.29, 0.717) is 5.82 Å². The molecular formula is C12H10N6S. The molecule has 2 aromatic heterocycles. The van der Waals surface area contributed by atoms with Crippen molar-refractivity contribution >= 4 is 23.5 Å². The van der Waals surface area contributed by atoms with Crippen LogP contribution in [0.3, 0.4) is 0 Å². The van der Waals surface area contributed by atoms with Crippen LogP contribution in [-0.4, -0.2) is 31.9 Å². The van der Waals surface area contributed by atoms with Crippen LogP contribution in [0, 0.1) is 16.7 Å². The number of aromatic nitrogens is 4. The maximum absolute atomic E-state index is 8.48. The van der Waals surface area contributed by atoms with E-state index in [0.717, 1.165) is 16.4 Å². The molecule has 0 amide bonds. The van der Waals surface area contributed by atoms with E-state index in [1.807, 2.05) is 12.3 Å². The summed E-state index contributed by atoms with van der Waals surface area (Å²) in [6.45, 7) is 0. The maximum atomic E-state index is 8.48. The first-order chi connectivity index (χ1) is 9.22. The summed E-state index contributed by atoms with van der Waals surface area (Å²) in [6.07, 6.45) is 8.06. The molecule has 19 heavy (non-hydrogen) atoms. The van der Waals surface area contributed by atoms with E-state index in [2.05, 4.69) is 19.9 Å². The van der Waals surface area contributed by atoms with Gasteiger partial charge >= 0.3 is 0 Å². The molecule has 2 rings (SSSR count). The second kappa shape index (κ2) is 5.93. The fourth-order valence-corrected chi connectivity index (χ4v) is 1.73. The Labute approximate surface area is 114 Å². The zero-order valence-electron chi connectivity index (χ0n) is 10.1. The summed E-state index contributed by atoms with van der Waals surface area (Å²) in [6, 6.07) is 3.58. The molecule has 0 bridgehead atoms. The van der Waals surface area contributed by atoms with Gasteiger partial charge < -0.3 is 4.98 Å². The predicted octanol–water partition coefficient (Wildman–Crippen LogP) is 2.15. The van der Waals surface area contributed by atoms with Crippen molar-refractivity contribution in [3.05, 3.63) is 30.5 Å². The van der Waals surface area contributed by atoms with E-state index in [9.17, 15) is 0 Å². The van der Waals surface area contributed by atoms with Gasteiger partial charge in [-0.1, -0.05) is 0 Å². The molecule has 0 unspecified atom stereocenters. The van der Waals surface area contributed by atoms with Crippen LogP contribution >= 0.6 is 11.8 Å². The van der Waals surface area contributed by atoms with Gasteiger partial charge in [-0.2, -0.15) is 5.26 Å². The van der Waals surface area contributed by atoms with Crippen LogP contribution in [0.15, 0.2) is 29.7 Å². The Balaban J connectivity index is 2.23. The number of H-pyrrole nitrogens is 1. The molecule has 0 fully saturated rings. The van der Waals surface area contributed by atoms with Crippen molar-refractivity contribution in [1.29, 1.82) is 10.7 Å². The van der Waals surface area contributed by atoms with Crippen molar-refractivity contribution in [3.63, 3.8) is 0 Å². The third kappa shape index (κ3) is 3.26. The fraction of sp³-hybridized carbons (Fsp3) is 0.0833. The van der Waals surface area contributed by atoms with Gasteiger partial charge in [0, 0.05) is 0 Å².